The van der Waals surface area contributed by atoms with Crippen LogP contribution in [-0.4, -0.2) is 17.8 Å². The van der Waals surface area contributed by atoms with Crippen molar-refractivity contribution in [1.29, 1.82) is 0 Å². The summed E-state index contributed by atoms with van der Waals surface area (Å²) < 4.78 is 11.4. The Morgan fingerprint density at radius 2 is 1.43 bits per heavy atom. The number of hydrogen-bond acceptors (Lipinski definition) is 3. The minimum absolute atomic E-state index is 0.295. The van der Waals surface area contributed by atoms with E-state index in [1.165, 1.54) is 0 Å². The molecule has 0 aromatic heterocycles. The predicted molar refractivity (Wildman–Crippen MR) is 91.9 cm³/mol. The van der Waals surface area contributed by atoms with Gasteiger partial charge in [0.1, 0.15) is 24.7 Å². The van der Waals surface area contributed by atoms with Gasteiger partial charge in [-0.1, -0.05) is 42.5 Å². The molecule has 3 nitrogen and oxygen atoms in total. The molecule has 1 unspecified atom stereocenters. The van der Waals surface area contributed by atoms with Crippen LogP contribution in [0.15, 0.2) is 66.7 Å². The van der Waals surface area contributed by atoms with Crippen LogP contribution in [-0.2, 0) is 6.61 Å². The molecule has 23 heavy (non-hydrogen) atoms. The van der Waals surface area contributed by atoms with E-state index in [1.807, 2.05) is 66.7 Å². The third kappa shape index (κ3) is 4.24. The van der Waals surface area contributed by atoms with Crippen LogP contribution in [0.2, 0.25) is 0 Å². The Balaban J connectivity index is 1.70. The molecule has 0 heterocycles. The van der Waals surface area contributed by atoms with Crippen molar-refractivity contribution in [3.8, 4) is 11.5 Å². The van der Waals surface area contributed by atoms with Gasteiger partial charge in [0.05, 0.1) is 6.10 Å². The predicted octanol–water partition coefficient (Wildman–Crippen LogP) is 4.18. The van der Waals surface area contributed by atoms with Crippen LogP contribution < -0.4 is 9.47 Å². The van der Waals surface area contributed by atoms with Gasteiger partial charge in [-0.15, -0.1) is 0 Å². The summed E-state index contributed by atoms with van der Waals surface area (Å²) in [7, 11) is 0. The molecule has 0 aliphatic heterocycles. The summed E-state index contributed by atoms with van der Waals surface area (Å²) in [5.41, 5.74) is 1.15. The maximum absolute atomic E-state index is 9.27. The van der Waals surface area contributed by atoms with E-state index in [-0.39, 0.29) is 0 Å². The highest BCUT2D eigenvalue weighted by molar-refractivity contribution is 5.85. The topological polar surface area (TPSA) is 38.7 Å². The fourth-order valence-corrected chi connectivity index (χ4v) is 2.34. The Hall–Kier alpha value is -2.52. The van der Waals surface area contributed by atoms with E-state index < -0.39 is 6.10 Å². The molecular weight excluding hydrogens is 288 g/mol. The number of aliphatic hydroxyl groups excluding tert-OH is 1. The van der Waals surface area contributed by atoms with Crippen LogP contribution in [0.3, 0.4) is 0 Å². The molecule has 0 fully saturated rings. The molecule has 0 bridgehead atoms. The van der Waals surface area contributed by atoms with Crippen molar-refractivity contribution in [3.63, 3.8) is 0 Å². The molecule has 0 radical (unpaired) electrons. The van der Waals surface area contributed by atoms with Crippen molar-refractivity contribution in [2.75, 3.05) is 6.61 Å². The first-order valence-corrected chi connectivity index (χ1v) is 7.72. The summed E-state index contributed by atoms with van der Waals surface area (Å²) in [6.07, 6.45) is -0.473. The van der Waals surface area contributed by atoms with E-state index in [9.17, 15) is 5.11 Å². The quantitative estimate of drug-likeness (QED) is 0.742. The molecule has 1 N–H and O–H groups in total. The molecule has 0 saturated heterocycles. The second-order valence-corrected chi connectivity index (χ2v) is 5.61. The number of ether oxygens (including phenoxy) is 2. The van der Waals surface area contributed by atoms with Crippen LogP contribution in [0.1, 0.15) is 12.5 Å². The van der Waals surface area contributed by atoms with Gasteiger partial charge in [-0.2, -0.15) is 0 Å². The second kappa shape index (κ2) is 7.16. The molecule has 3 heteroatoms. The summed E-state index contributed by atoms with van der Waals surface area (Å²) in [5.74, 6) is 1.61. The minimum Gasteiger partial charge on any atom is -0.491 e. The Kier molecular flexibility index (Phi) is 4.79. The summed E-state index contributed by atoms with van der Waals surface area (Å²) in [6.45, 7) is 2.56. The molecule has 3 aromatic rings. The molecule has 0 aliphatic carbocycles. The van der Waals surface area contributed by atoms with E-state index in [0.717, 1.165) is 27.8 Å². The van der Waals surface area contributed by atoms with Gasteiger partial charge in [-0.05, 0) is 47.5 Å². The zero-order valence-electron chi connectivity index (χ0n) is 13.1. The van der Waals surface area contributed by atoms with Gasteiger partial charge < -0.3 is 14.6 Å². The van der Waals surface area contributed by atoms with E-state index in [4.69, 9.17) is 9.47 Å². The normalized spacial score (nSPS) is 12.1. The number of benzene rings is 3. The fourth-order valence-electron chi connectivity index (χ4n) is 2.34. The number of fused-ring (bicyclic) bond motifs is 1. The molecule has 118 valence electrons. The molecule has 0 spiro atoms. The summed E-state index contributed by atoms with van der Waals surface area (Å²) in [4.78, 5) is 0. The van der Waals surface area contributed by atoms with Crippen LogP contribution in [0.5, 0.6) is 11.5 Å². The highest BCUT2D eigenvalue weighted by Gasteiger charge is 2.02. The van der Waals surface area contributed by atoms with Crippen molar-refractivity contribution >= 4 is 10.8 Å². The van der Waals surface area contributed by atoms with Crippen molar-refractivity contribution in [1.82, 2.24) is 0 Å². The maximum Gasteiger partial charge on any atom is 0.120 e. The molecule has 3 aromatic carbocycles. The Morgan fingerprint density at radius 3 is 2.04 bits per heavy atom. The molecule has 3 rings (SSSR count). The largest absolute Gasteiger partial charge is 0.491 e. The highest BCUT2D eigenvalue weighted by atomic mass is 16.5. The first kappa shape index (κ1) is 15.4. The molecule has 1 atom stereocenters. The number of hydrogen-bond donors (Lipinski definition) is 1. The van der Waals surface area contributed by atoms with Crippen molar-refractivity contribution in [2.45, 2.75) is 19.6 Å². The SMILES string of the molecule is CC(O)COc1ccc2cc(OCc3ccccc3)ccc2c1. The first-order valence-electron chi connectivity index (χ1n) is 7.72. The van der Waals surface area contributed by atoms with Gasteiger partial charge in [0.2, 0.25) is 0 Å². The summed E-state index contributed by atoms with van der Waals surface area (Å²) in [6, 6.07) is 22.0. The maximum atomic E-state index is 9.27. The van der Waals surface area contributed by atoms with Gasteiger partial charge in [0, 0.05) is 0 Å². The third-order valence-electron chi connectivity index (χ3n) is 3.52. The van der Waals surface area contributed by atoms with Crippen molar-refractivity contribution in [3.05, 3.63) is 72.3 Å². The number of rotatable bonds is 6. The Labute approximate surface area is 136 Å². The third-order valence-corrected chi connectivity index (χ3v) is 3.52. The summed E-state index contributed by atoms with van der Waals surface area (Å²) in [5, 5.41) is 11.5. The van der Waals surface area contributed by atoms with Crippen LogP contribution in [0.25, 0.3) is 10.8 Å². The molecule has 0 amide bonds. The van der Waals surface area contributed by atoms with E-state index >= 15 is 0 Å². The van der Waals surface area contributed by atoms with E-state index in [0.29, 0.717) is 13.2 Å². The van der Waals surface area contributed by atoms with Gasteiger partial charge in [0.25, 0.3) is 0 Å². The molecule has 0 aliphatic rings. The smallest absolute Gasteiger partial charge is 0.120 e. The van der Waals surface area contributed by atoms with Gasteiger partial charge in [-0.3, -0.25) is 0 Å². The zero-order valence-corrected chi connectivity index (χ0v) is 13.1. The monoisotopic (exact) mass is 308 g/mol. The van der Waals surface area contributed by atoms with Gasteiger partial charge in [-0.25, -0.2) is 0 Å². The lowest BCUT2D eigenvalue weighted by atomic mass is 10.1. The molecular formula is C20H20O3. The summed E-state index contributed by atoms with van der Waals surface area (Å²) >= 11 is 0. The lowest BCUT2D eigenvalue weighted by molar-refractivity contribution is 0.123. The van der Waals surface area contributed by atoms with Crippen molar-refractivity contribution in [2.24, 2.45) is 0 Å². The van der Waals surface area contributed by atoms with Crippen LogP contribution in [0, 0.1) is 0 Å². The highest BCUT2D eigenvalue weighted by Crippen LogP contribution is 2.25. The van der Waals surface area contributed by atoms with E-state index in [1.54, 1.807) is 6.92 Å². The van der Waals surface area contributed by atoms with E-state index in [2.05, 4.69) is 0 Å². The zero-order chi connectivity index (χ0) is 16.1. The number of aliphatic hydroxyl groups is 1. The van der Waals surface area contributed by atoms with Crippen LogP contribution >= 0.6 is 0 Å². The van der Waals surface area contributed by atoms with Gasteiger partial charge in [0.15, 0.2) is 0 Å². The molecule has 0 saturated carbocycles. The minimum atomic E-state index is -0.473. The van der Waals surface area contributed by atoms with Crippen molar-refractivity contribution < 1.29 is 14.6 Å². The van der Waals surface area contributed by atoms with Crippen LogP contribution in [0.4, 0.5) is 0 Å². The fraction of sp³-hybridized carbons (Fsp3) is 0.200. The Bertz CT molecular complexity index is 766. The first-order chi connectivity index (χ1) is 11.2. The second-order valence-electron chi connectivity index (χ2n) is 5.61. The van der Waals surface area contributed by atoms with Gasteiger partial charge >= 0.3 is 0 Å². The lowest BCUT2D eigenvalue weighted by Crippen LogP contribution is -2.12. The standard InChI is InChI=1S/C20H20O3/c1-15(21)13-22-19-9-7-18-12-20(10-8-17(18)11-19)23-14-16-5-3-2-4-6-16/h2-12,15,21H,13-14H2,1H3. The Morgan fingerprint density at radius 1 is 0.826 bits per heavy atom. The lowest BCUT2D eigenvalue weighted by Gasteiger charge is -2.10. The average Bonchev–Trinajstić information content (AvgIpc) is 2.59. The average molecular weight is 308 g/mol.